The van der Waals surface area contributed by atoms with Gasteiger partial charge < -0.3 is 18.9 Å². The summed E-state index contributed by atoms with van der Waals surface area (Å²) in [5.41, 5.74) is 3.52. The molecule has 7 heteroatoms. The molecule has 0 saturated heterocycles. The molecule has 5 rings (SSSR count). The first kappa shape index (κ1) is 21.1. The third-order valence-corrected chi connectivity index (χ3v) is 5.53. The van der Waals surface area contributed by atoms with Crippen LogP contribution in [0.3, 0.4) is 0 Å². The Balaban J connectivity index is 1.39. The fourth-order valence-electron chi connectivity index (χ4n) is 3.66. The second-order valence-corrected chi connectivity index (χ2v) is 7.94. The van der Waals surface area contributed by atoms with E-state index >= 15 is 0 Å². The minimum Gasteiger partial charge on any atom is -0.493 e. The number of hydrogen-bond donors (Lipinski definition) is 1. The van der Waals surface area contributed by atoms with E-state index in [1.165, 1.54) is 0 Å². The second-order valence-electron chi connectivity index (χ2n) is 7.50. The topological polar surface area (TPSA) is 73.2 Å². The number of H-pyrrole nitrogens is 1. The molecule has 2 heterocycles. The molecule has 0 spiro atoms. The number of fused-ring (bicyclic) bond motifs is 1. The van der Waals surface area contributed by atoms with Crippen LogP contribution in [0.4, 0.5) is 0 Å². The molecular weight excluding hydrogens is 438 g/mol. The van der Waals surface area contributed by atoms with Crippen LogP contribution in [-0.4, -0.2) is 28.7 Å². The van der Waals surface area contributed by atoms with Crippen LogP contribution in [0.1, 0.15) is 12.2 Å². The van der Waals surface area contributed by atoms with Crippen molar-refractivity contribution in [1.29, 1.82) is 0 Å². The first-order chi connectivity index (χ1) is 16.2. The summed E-state index contributed by atoms with van der Waals surface area (Å²) in [5.74, 6) is 3.26. The number of aromatic amines is 1. The maximum absolute atomic E-state index is 6.19. The van der Waals surface area contributed by atoms with E-state index in [0.717, 1.165) is 40.2 Å². The lowest BCUT2D eigenvalue weighted by Gasteiger charge is -2.09. The summed E-state index contributed by atoms with van der Waals surface area (Å²) in [4.78, 5) is 12.7. The smallest absolute Gasteiger partial charge is 0.263 e. The molecule has 0 fully saturated rings. The Labute approximate surface area is 196 Å². The summed E-state index contributed by atoms with van der Waals surface area (Å²) >= 11 is 6.08. The summed E-state index contributed by atoms with van der Waals surface area (Å²) in [6.07, 6.45) is 1.40. The first-order valence-corrected chi connectivity index (χ1v) is 11.1. The van der Waals surface area contributed by atoms with Crippen molar-refractivity contribution >= 4 is 22.6 Å². The van der Waals surface area contributed by atoms with Gasteiger partial charge in [0, 0.05) is 17.0 Å². The van der Waals surface area contributed by atoms with Gasteiger partial charge in [-0.15, -0.1) is 0 Å². The van der Waals surface area contributed by atoms with Gasteiger partial charge in [-0.25, -0.2) is 9.97 Å². The predicted molar refractivity (Wildman–Crippen MR) is 129 cm³/mol. The van der Waals surface area contributed by atoms with Crippen LogP contribution in [0, 0.1) is 0 Å². The van der Waals surface area contributed by atoms with Gasteiger partial charge in [0.15, 0.2) is 17.3 Å². The number of nitrogens with one attached hydrogen (secondary N) is 1. The number of para-hydroxylation sites is 4. The molecule has 33 heavy (non-hydrogen) atoms. The summed E-state index contributed by atoms with van der Waals surface area (Å²) in [5, 5.41) is 0.673. The summed E-state index contributed by atoms with van der Waals surface area (Å²) in [6, 6.07) is 23.0. The van der Waals surface area contributed by atoms with Gasteiger partial charge in [-0.05, 0) is 42.8 Å². The lowest BCUT2D eigenvalue weighted by molar-refractivity contribution is 0.286. The SMILES string of the molecule is COc1ccccc1OCCCc1oc(-c2nc3ccccc3[nH]2)nc1-c1ccc(Cl)cc1. The average molecular weight is 460 g/mol. The largest absolute Gasteiger partial charge is 0.493 e. The number of rotatable bonds is 8. The van der Waals surface area contributed by atoms with Crippen LogP contribution >= 0.6 is 11.6 Å². The Bertz CT molecular complexity index is 1340. The zero-order chi connectivity index (χ0) is 22.6. The molecule has 0 aliphatic rings. The molecule has 2 aromatic heterocycles. The standard InChI is InChI=1S/C26H22ClN3O3/c1-31-21-9-4-5-10-22(21)32-16-6-11-23-24(17-12-14-18(27)15-13-17)30-26(33-23)25-28-19-7-2-3-8-20(19)29-25/h2-5,7-10,12-15H,6,11,16H2,1H3,(H,28,29). The van der Waals surface area contributed by atoms with Crippen molar-refractivity contribution in [3.05, 3.63) is 83.6 Å². The van der Waals surface area contributed by atoms with Crippen LogP contribution in [0.5, 0.6) is 11.5 Å². The van der Waals surface area contributed by atoms with E-state index in [2.05, 4.69) is 9.97 Å². The van der Waals surface area contributed by atoms with E-state index in [0.29, 0.717) is 35.5 Å². The third kappa shape index (κ3) is 4.56. The quantitative estimate of drug-likeness (QED) is 0.266. The zero-order valence-electron chi connectivity index (χ0n) is 18.0. The molecular formula is C26H22ClN3O3. The average Bonchev–Trinajstić information content (AvgIpc) is 3.47. The van der Waals surface area contributed by atoms with E-state index in [1.54, 1.807) is 7.11 Å². The maximum Gasteiger partial charge on any atom is 0.263 e. The van der Waals surface area contributed by atoms with Crippen molar-refractivity contribution in [2.45, 2.75) is 12.8 Å². The van der Waals surface area contributed by atoms with Crippen molar-refractivity contribution in [3.63, 3.8) is 0 Å². The second kappa shape index (κ2) is 9.38. The number of halogens is 1. The van der Waals surface area contributed by atoms with E-state index < -0.39 is 0 Å². The molecule has 0 amide bonds. The predicted octanol–water partition coefficient (Wildman–Crippen LogP) is 6.56. The number of aromatic nitrogens is 3. The number of nitrogens with zero attached hydrogens (tertiary/aromatic N) is 2. The molecule has 0 unspecified atom stereocenters. The summed E-state index contributed by atoms with van der Waals surface area (Å²) in [6.45, 7) is 0.515. The Hall–Kier alpha value is -3.77. The fourth-order valence-corrected chi connectivity index (χ4v) is 3.79. The minimum atomic E-state index is 0.455. The Kier molecular flexibility index (Phi) is 6.00. The number of methoxy groups -OCH3 is 1. The van der Waals surface area contributed by atoms with Gasteiger partial charge >= 0.3 is 0 Å². The highest BCUT2D eigenvalue weighted by Gasteiger charge is 2.19. The molecule has 0 atom stereocenters. The van der Waals surface area contributed by atoms with Crippen molar-refractivity contribution in [2.75, 3.05) is 13.7 Å². The van der Waals surface area contributed by atoms with Crippen LogP contribution < -0.4 is 9.47 Å². The highest BCUT2D eigenvalue weighted by atomic mass is 35.5. The number of hydrogen-bond acceptors (Lipinski definition) is 5. The normalized spacial score (nSPS) is 11.1. The van der Waals surface area contributed by atoms with E-state index in [1.807, 2.05) is 72.8 Å². The molecule has 0 radical (unpaired) electrons. The number of benzene rings is 3. The molecule has 3 aromatic carbocycles. The van der Waals surface area contributed by atoms with Crippen LogP contribution in [0.25, 0.3) is 34.0 Å². The highest BCUT2D eigenvalue weighted by molar-refractivity contribution is 6.30. The third-order valence-electron chi connectivity index (χ3n) is 5.28. The number of ether oxygens (including phenoxy) is 2. The molecule has 0 aliphatic carbocycles. The molecule has 166 valence electrons. The molecule has 1 N–H and O–H groups in total. The van der Waals surface area contributed by atoms with Crippen LogP contribution in [0.2, 0.25) is 5.02 Å². The van der Waals surface area contributed by atoms with Gasteiger partial charge in [0.1, 0.15) is 11.5 Å². The lowest BCUT2D eigenvalue weighted by atomic mass is 10.1. The molecule has 0 aliphatic heterocycles. The monoisotopic (exact) mass is 459 g/mol. The Morgan fingerprint density at radius 2 is 1.67 bits per heavy atom. The van der Waals surface area contributed by atoms with E-state index in [9.17, 15) is 0 Å². The first-order valence-electron chi connectivity index (χ1n) is 10.7. The summed E-state index contributed by atoms with van der Waals surface area (Å²) in [7, 11) is 1.63. The van der Waals surface area contributed by atoms with Gasteiger partial charge in [-0.1, -0.05) is 48.0 Å². The zero-order valence-corrected chi connectivity index (χ0v) is 18.8. The molecule has 6 nitrogen and oxygen atoms in total. The van der Waals surface area contributed by atoms with Gasteiger partial charge in [0.2, 0.25) is 0 Å². The van der Waals surface area contributed by atoms with Gasteiger partial charge in [-0.2, -0.15) is 0 Å². The van der Waals surface area contributed by atoms with Crippen LogP contribution in [0.15, 0.2) is 77.2 Å². The Morgan fingerprint density at radius 3 is 2.45 bits per heavy atom. The molecule has 0 saturated carbocycles. The van der Waals surface area contributed by atoms with Crippen LogP contribution in [-0.2, 0) is 6.42 Å². The maximum atomic E-state index is 6.19. The number of oxazole rings is 1. The highest BCUT2D eigenvalue weighted by Crippen LogP contribution is 2.31. The lowest BCUT2D eigenvalue weighted by Crippen LogP contribution is -2.01. The van der Waals surface area contributed by atoms with Crippen molar-refractivity contribution < 1.29 is 13.9 Å². The van der Waals surface area contributed by atoms with Gasteiger partial charge in [0.05, 0.1) is 24.8 Å². The van der Waals surface area contributed by atoms with Gasteiger partial charge in [-0.3, -0.25) is 0 Å². The van der Waals surface area contributed by atoms with Crippen molar-refractivity contribution in [3.8, 4) is 34.5 Å². The number of imidazole rings is 1. The molecule has 0 bridgehead atoms. The Morgan fingerprint density at radius 1 is 0.909 bits per heavy atom. The van der Waals surface area contributed by atoms with E-state index in [-0.39, 0.29) is 0 Å². The summed E-state index contributed by atoms with van der Waals surface area (Å²) < 4.78 is 17.5. The minimum absolute atomic E-state index is 0.455. The van der Waals surface area contributed by atoms with Crippen molar-refractivity contribution in [1.82, 2.24) is 15.0 Å². The molecule has 5 aromatic rings. The van der Waals surface area contributed by atoms with Crippen molar-refractivity contribution in [2.24, 2.45) is 0 Å². The fraction of sp³-hybridized carbons (Fsp3) is 0.154. The van der Waals surface area contributed by atoms with Gasteiger partial charge in [0.25, 0.3) is 5.89 Å². The number of aryl methyl sites for hydroxylation is 1. The van der Waals surface area contributed by atoms with E-state index in [4.69, 9.17) is 30.5 Å².